The van der Waals surface area contributed by atoms with E-state index in [0.29, 0.717) is 16.4 Å². The van der Waals surface area contributed by atoms with Gasteiger partial charge in [-0.25, -0.2) is 4.98 Å². The van der Waals surface area contributed by atoms with Crippen LogP contribution in [0.15, 0.2) is 40.9 Å². The number of carbonyl (C=O) groups is 1. The van der Waals surface area contributed by atoms with Gasteiger partial charge in [-0.3, -0.25) is 10.1 Å². The highest BCUT2D eigenvalue weighted by Crippen LogP contribution is 2.35. The van der Waals surface area contributed by atoms with Gasteiger partial charge < -0.3 is 4.74 Å². The van der Waals surface area contributed by atoms with Crippen LogP contribution in [0.1, 0.15) is 39.7 Å². The van der Waals surface area contributed by atoms with Gasteiger partial charge in [0.2, 0.25) is 0 Å². The zero-order valence-corrected chi connectivity index (χ0v) is 18.8. The van der Waals surface area contributed by atoms with E-state index >= 15 is 0 Å². The molecule has 1 aromatic heterocycles. The lowest BCUT2D eigenvalue weighted by Crippen LogP contribution is -2.11. The Labute approximate surface area is 178 Å². The van der Waals surface area contributed by atoms with Crippen molar-refractivity contribution in [2.24, 2.45) is 0 Å². The number of anilines is 1. The number of benzene rings is 2. The van der Waals surface area contributed by atoms with Gasteiger partial charge in [0, 0.05) is 16.0 Å². The van der Waals surface area contributed by atoms with E-state index in [-0.39, 0.29) is 5.91 Å². The minimum Gasteiger partial charge on any atom is -0.496 e. The van der Waals surface area contributed by atoms with E-state index in [1.165, 1.54) is 16.0 Å². The molecule has 0 aliphatic heterocycles. The van der Waals surface area contributed by atoms with Crippen LogP contribution >= 0.6 is 27.3 Å². The van der Waals surface area contributed by atoms with Gasteiger partial charge >= 0.3 is 0 Å². The molecule has 28 heavy (non-hydrogen) atoms. The van der Waals surface area contributed by atoms with Crippen LogP contribution in [0.25, 0.3) is 11.3 Å². The lowest BCUT2D eigenvalue weighted by atomic mass is 10.0. The van der Waals surface area contributed by atoms with Crippen molar-refractivity contribution in [3.05, 3.63) is 62.4 Å². The van der Waals surface area contributed by atoms with Crippen LogP contribution in [0.3, 0.4) is 0 Å². The number of rotatable bonds is 6. The summed E-state index contributed by atoms with van der Waals surface area (Å²) in [6, 6.07) is 11.6. The van der Waals surface area contributed by atoms with Gasteiger partial charge in [0.1, 0.15) is 5.75 Å². The number of ether oxygens (including phenoxy) is 1. The van der Waals surface area contributed by atoms with Crippen LogP contribution in [0, 0.1) is 13.8 Å². The maximum Gasteiger partial charge on any atom is 0.257 e. The van der Waals surface area contributed by atoms with Crippen LogP contribution in [-0.2, 0) is 6.42 Å². The molecule has 0 unspecified atom stereocenters. The Morgan fingerprint density at radius 3 is 2.68 bits per heavy atom. The number of halogens is 1. The Morgan fingerprint density at radius 2 is 2.00 bits per heavy atom. The van der Waals surface area contributed by atoms with Gasteiger partial charge in [0.25, 0.3) is 5.91 Å². The van der Waals surface area contributed by atoms with Crippen molar-refractivity contribution >= 4 is 38.3 Å². The highest BCUT2D eigenvalue weighted by atomic mass is 79.9. The first-order valence-corrected chi connectivity index (χ1v) is 10.8. The smallest absolute Gasteiger partial charge is 0.257 e. The molecule has 0 aliphatic rings. The molecule has 1 N–H and O–H groups in total. The van der Waals surface area contributed by atoms with E-state index in [2.05, 4.69) is 60.2 Å². The Hall–Kier alpha value is -2.18. The quantitative estimate of drug-likeness (QED) is 0.464. The Kier molecular flexibility index (Phi) is 6.52. The van der Waals surface area contributed by atoms with Crippen LogP contribution < -0.4 is 10.1 Å². The predicted molar refractivity (Wildman–Crippen MR) is 120 cm³/mol. The van der Waals surface area contributed by atoms with Crippen molar-refractivity contribution in [2.75, 3.05) is 12.4 Å². The molecule has 1 heterocycles. The molecule has 0 atom stereocenters. The summed E-state index contributed by atoms with van der Waals surface area (Å²) < 4.78 is 5.97. The SMILES string of the molecule is CCCc1sc(NC(=O)c2ccc(OC)c(Br)c2)nc1-c1cc(C)ccc1C. The number of nitrogens with one attached hydrogen (secondary N) is 1. The van der Waals surface area contributed by atoms with E-state index in [4.69, 9.17) is 9.72 Å². The van der Waals surface area contributed by atoms with Gasteiger partial charge in [-0.2, -0.15) is 0 Å². The van der Waals surface area contributed by atoms with Crippen molar-refractivity contribution in [1.29, 1.82) is 0 Å². The summed E-state index contributed by atoms with van der Waals surface area (Å²) in [6.45, 7) is 6.33. The summed E-state index contributed by atoms with van der Waals surface area (Å²) in [5, 5.41) is 3.57. The summed E-state index contributed by atoms with van der Waals surface area (Å²) in [7, 11) is 1.60. The third-order valence-electron chi connectivity index (χ3n) is 4.46. The van der Waals surface area contributed by atoms with Gasteiger partial charge in [-0.15, -0.1) is 11.3 Å². The Morgan fingerprint density at radius 1 is 1.21 bits per heavy atom. The van der Waals surface area contributed by atoms with Crippen molar-refractivity contribution in [3.8, 4) is 17.0 Å². The van der Waals surface area contributed by atoms with E-state index in [0.717, 1.165) is 28.6 Å². The minimum absolute atomic E-state index is 0.187. The Bertz CT molecular complexity index is 1010. The standard InChI is InChI=1S/C22H23BrN2O2S/c1-5-6-19-20(16-11-13(2)7-8-14(16)3)24-22(28-19)25-21(26)15-9-10-18(27-4)17(23)12-15/h7-12H,5-6H2,1-4H3,(H,24,25,26). The monoisotopic (exact) mass is 458 g/mol. The molecule has 0 saturated heterocycles. The molecule has 0 spiro atoms. The minimum atomic E-state index is -0.187. The maximum atomic E-state index is 12.7. The Balaban J connectivity index is 1.92. The molecule has 6 heteroatoms. The second kappa shape index (κ2) is 8.88. The normalized spacial score (nSPS) is 10.8. The molecule has 0 aliphatic carbocycles. The number of aryl methyl sites for hydroxylation is 3. The van der Waals surface area contributed by atoms with Crippen LogP contribution in [0.5, 0.6) is 5.75 Å². The molecule has 146 valence electrons. The number of hydrogen-bond donors (Lipinski definition) is 1. The average Bonchev–Trinajstić information content (AvgIpc) is 3.06. The number of methoxy groups -OCH3 is 1. The van der Waals surface area contributed by atoms with Crippen molar-refractivity contribution in [3.63, 3.8) is 0 Å². The highest BCUT2D eigenvalue weighted by molar-refractivity contribution is 9.10. The molecule has 4 nitrogen and oxygen atoms in total. The number of thiazole rings is 1. The molecule has 2 aromatic carbocycles. The second-order valence-corrected chi connectivity index (χ2v) is 8.60. The molecule has 3 rings (SSSR count). The van der Waals surface area contributed by atoms with Gasteiger partial charge in [0.15, 0.2) is 5.13 Å². The van der Waals surface area contributed by atoms with E-state index < -0.39 is 0 Å². The van der Waals surface area contributed by atoms with Crippen molar-refractivity contribution in [1.82, 2.24) is 4.98 Å². The molecule has 0 radical (unpaired) electrons. The third-order valence-corrected chi connectivity index (χ3v) is 6.11. The number of carbonyl (C=O) groups excluding carboxylic acids is 1. The van der Waals surface area contributed by atoms with Gasteiger partial charge in [-0.1, -0.05) is 31.0 Å². The van der Waals surface area contributed by atoms with E-state index in [9.17, 15) is 4.79 Å². The topological polar surface area (TPSA) is 51.2 Å². The van der Waals surface area contributed by atoms with Crippen LogP contribution in [0.4, 0.5) is 5.13 Å². The third kappa shape index (κ3) is 4.45. The number of aromatic nitrogens is 1. The number of hydrogen-bond acceptors (Lipinski definition) is 4. The predicted octanol–water partition coefficient (Wildman–Crippen LogP) is 6.40. The first-order chi connectivity index (χ1) is 13.4. The lowest BCUT2D eigenvalue weighted by molar-refractivity contribution is 0.102. The first-order valence-electron chi connectivity index (χ1n) is 9.15. The van der Waals surface area contributed by atoms with Crippen LogP contribution in [0.2, 0.25) is 0 Å². The van der Waals surface area contributed by atoms with Crippen molar-refractivity contribution < 1.29 is 9.53 Å². The van der Waals surface area contributed by atoms with E-state index in [1.807, 2.05) is 0 Å². The zero-order chi connectivity index (χ0) is 20.3. The molecular formula is C22H23BrN2O2S. The van der Waals surface area contributed by atoms with Crippen molar-refractivity contribution in [2.45, 2.75) is 33.6 Å². The summed E-state index contributed by atoms with van der Waals surface area (Å²) in [4.78, 5) is 18.7. The molecule has 3 aromatic rings. The summed E-state index contributed by atoms with van der Waals surface area (Å²) in [5.74, 6) is 0.501. The fourth-order valence-electron chi connectivity index (χ4n) is 2.98. The number of nitrogens with zero attached hydrogens (tertiary/aromatic N) is 1. The fourth-order valence-corrected chi connectivity index (χ4v) is 4.59. The average molecular weight is 459 g/mol. The molecule has 0 bridgehead atoms. The summed E-state index contributed by atoms with van der Waals surface area (Å²) >= 11 is 4.97. The number of amides is 1. The molecule has 0 saturated carbocycles. The zero-order valence-electron chi connectivity index (χ0n) is 16.4. The van der Waals surface area contributed by atoms with Gasteiger partial charge in [-0.05, 0) is 66.0 Å². The van der Waals surface area contributed by atoms with E-state index in [1.54, 1.807) is 36.6 Å². The molecule has 0 fully saturated rings. The maximum absolute atomic E-state index is 12.7. The lowest BCUT2D eigenvalue weighted by Gasteiger charge is -2.07. The van der Waals surface area contributed by atoms with Gasteiger partial charge in [0.05, 0.1) is 17.3 Å². The highest BCUT2D eigenvalue weighted by Gasteiger charge is 2.17. The first kappa shape index (κ1) is 20.6. The largest absolute Gasteiger partial charge is 0.496 e. The van der Waals surface area contributed by atoms with Crippen LogP contribution in [-0.4, -0.2) is 18.0 Å². The second-order valence-electron chi connectivity index (χ2n) is 6.66. The fraction of sp³-hybridized carbons (Fsp3) is 0.273. The summed E-state index contributed by atoms with van der Waals surface area (Å²) in [5.41, 5.74) is 5.04. The molecule has 1 amide bonds. The molecular weight excluding hydrogens is 436 g/mol. The summed E-state index contributed by atoms with van der Waals surface area (Å²) in [6.07, 6.45) is 1.96.